The molecule has 0 aromatic heterocycles. The molecule has 0 spiro atoms. The lowest BCUT2D eigenvalue weighted by Gasteiger charge is -2.10. The van der Waals surface area contributed by atoms with Crippen molar-refractivity contribution in [2.75, 3.05) is 0 Å². The van der Waals surface area contributed by atoms with Gasteiger partial charge in [0.05, 0.1) is 18.3 Å². The number of aliphatic carboxylic acids is 1. The van der Waals surface area contributed by atoms with Crippen LogP contribution in [0.3, 0.4) is 0 Å². The van der Waals surface area contributed by atoms with Gasteiger partial charge < -0.3 is 15.3 Å². The minimum Gasteiger partial charge on any atom is -0.516 e. The molecule has 0 rings (SSSR count). The summed E-state index contributed by atoms with van der Waals surface area (Å²) in [5, 5.41) is 25.2. The molecule has 0 aliphatic heterocycles. The highest BCUT2D eigenvalue weighted by Crippen LogP contribution is 2.10. The Kier molecular flexibility index (Phi) is 11.6. The first-order chi connectivity index (χ1) is 6.99. The fraction of sp³-hybridized carbons (Fsp3) is 0.545. The van der Waals surface area contributed by atoms with Crippen molar-refractivity contribution < 1.29 is 20.1 Å². The van der Waals surface area contributed by atoms with Crippen molar-refractivity contribution in [3.63, 3.8) is 0 Å². The van der Waals surface area contributed by atoms with E-state index in [9.17, 15) is 4.79 Å². The molecule has 88 valence electrons. The predicted octanol–water partition coefficient (Wildman–Crippen LogP) is 2.11. The van der Waals surface area contributed by atoms with Crippen LogP contribution in [0, 0.1) is 5.92 Å². The number of carbonyl (C=O) groups is 1. The third-order valence-electron chi connectivity index (χ3n) is 1.69. The fourth-order valence-electron chi connectivity index (χ4n) is 0.915. The molecule has 0 heterocycles. The number of carboxylic acids is 1. The maximum atomic E-state index is 10.4. The summed E-state index contributed by atoms with van der Waals surface area (Å²) in [6.45, 7) is 6.71. The first-order valence-electron chi connectivity index (χ1n) is 4.82. The van der Waals surface area contributed by atoms with E-state index in [0.29, 0.717) is 12.8 Å². The zero-order valence-electron chi connectivity index (χ0n) is 9.26. The van der Waals surface area contributed by atoms with Crippen LogP contribution in [0.5, 0.6) is 0 Å². The lowest BCUT2D eigenvalue weighted by Crippen LogP contribution is -2.17. The maximum Gasteiger partial charge on any atom is 0.306 e. The minimum absolute atomic E-state index is 0.353. The van der Waals surface area contributed by atoms with Crippen LogP contribution in [0.15, 0.2) is 25.0 Å². The summed E-state index contributed by atoms with van der Waals surface area (Å²) in [6, 6.07) is 0. The second-order valence-electron chi connectivity index (χ2n) is 3.11. The van der Waals surface area contributed by atoms with Gasteiger partial charge >= 0.3 is 5.97 Å². The summed E-state index contributed by atoms with van der Waals surface area (Å²) in [7, 11) is 0. The van der Waals surface area contributed by atoms with Gasteiger partial charge in [0.1, 0.15) is 0 Å². The lowest BCUT2D eigenvalue weighted by atomic mass is 10.00. The molecule has 2 atom stereocenters. The van der Waals surface area contributed by atoms with Crippen LogP contribution in [0.2, 0.25) is 0 Å². The van der Waals surface area contributed by atoms with Gasteiger partial charge in [0.2, 0.25) is 0 Å². The van der Waals surface area contributed by atoms with Gasteiger partial charge in [-0.1, -0.05) is 19.6 Å². The van der Waals surface area contributed by atoms with Crippen molar-refractivity contribution in [2.45, 2.75) is 32.8 Å². The van der Waals surface area contributed by atoms with Gasteiger partial charge in [-0.25, -0.2) is 0 Å². The van der Waals surface area contributed by atoms with Crippen molar-refractivity contribution >= 4 is 5.97 Å². The van der Waals surface area contributed by atoms with Crippen LogP contribution in [0.1, 0.15) is 26.7 Å². The third-order valence-corrected chi connectivity index (χ3v) is 1.69. The topological polar surface area (TPSA) is 77.8 Å². The van der Waals surface area contributed by atoms with E-state index in [-0.39, 0.29) is 5.92 Å². The first-order valence-corrected chi connectivity index (χ1v) is 4.82. The highest BCUT2D eigenvalue weighted by Gasteiger charge is 2.16. The molecule has 0 saturated carbocycles. The van der Waals surface area contributed by atoms with Crippen molar-refractivity contribution in [1.29, 1.82) is 0 Å². The number of hydrogen-bond donors (Lipinski definition) is 3. The molecule has 0 aliphatic carbocycles. The van der Waals surface area contributed by atoms with E-state index in [1.165, 1.54) is 12.2 Å². The normalized spacial score (nSPS) is 13.8. The number of aliphatic hydroxyl groups is 2. The monoisotopic (exact) mass is 216 g/mol. The Morgan fingerprint density at radius 2 is 2.07 bits per heavy atom. The van der Waals surface area contributed by atoms with Crippen LogP contribution < -0.4 is 0 Å². The molecule has 0 amide bonds. The van der Waals surface area contributed by atoms with Gasteiger partial charge in [-0.2, -0.15) is 0 Å². The van der Waals surface area contributed by atoms with Crippen molar-refractivity contribution in [1.82, 2.24) is 0 Å². The summed E-state index contributed by atoms with van der Waals surface area (Å²) >= 11 is 0. The smallest absolute Gasteiger partial charge is 0.306 e. The van der Waals surface area contributed by atoms with E-state index in [1.807, 2.05) is 0 Å². The quantitative estimate of drug-likeness (QED) is 0.486. The number of carboxylic acid groups (broad SMARTS) is 1. The minimum atomic E-state index is -0.816. The molecular formula is C11H20O4. The Morgan fingerprint density at radius 1 is 1.53 bits per heavy atom. The van der Waals surface area contributed by atoms with Crippen LogP contribution in [-0.4, -0.2) is 27.4 Å². The summed E-state index contributed by atoms with van der Waals surface area (Å²) in [5.74, 6) is -1.21. The standard InChI is InChI=1S/C7H14O3.C4H6O/c1-3-6(7(9)10)4-5(2)8;1-2-3-4-5/h5-6,8H,3-4H2,1-2H3,(H,9,10);2-5H,1H2. The predicted molar refractivity (Wildman–Crippen MR) is 59.7 cm³/mol. The van der Waals surface area contributed by atoms with E-state index in [0.717, 1.165) is 6.26 Å². The fourth-order valence-corrected chi connectivity index (χ4v) is 0.915. The van der Waals surface area contributed by atoms with E-state index in [2.05, 4.69) is 6.58 Å². The lowest BCUT2D eigenvalue weighted by molar-refractivity contribution is -0.142. The SMILES string of the molecule is C=CC=CO.CCC(CC(C)O)C(=O)O. The van der Waals surface area contributed by atoms with Crippen molar-refractivity contribution in [3.8, 4) is 0 Å². The zero-order chi connectivity index (χ0) is 12.3. The Hall–Kier alpha value is -1.29. The molecular weight excluding hydrogens is 196 g/mol. The molecule has 3 N–H and O–H groups in total. The molecule has 0 saturated heterocycles. The van der Waals surface area contributed by atoms with Crippen LogP contribution in [-0.2, 0) is 4.79 Å². The molecule has 0 aromatic carbocycles. The molecule has 0 fully saturated rings. The summed E-state index contributed by atoms with van der Waals surface area (Å²) in [4.78, 5) is 10.4. The van der Waals surface area contributed by atoms with Crippen molar-refractivity contribution in [3.05, 3.63) is 25.0 Å². The highest BCUT2D eigenvalue weighted by atomic mass is 16.4. The number of hydrogen-bond acceptors (Lipinski definition) is 3. The van der Waals surface area contributed by atoms with Gasteiger partial charge in [-0.3, -0.25) is 4.79 Å². The van der Waals surface area contributed by atoms with E-state index >= 15 is 0 Å². The Labute approximate surface area is 90.6 Å². The van der Waals surface area contributed by atoms with Gasteiger partial charge in [0.25, 0.3) is 0 Å². The van der Waals surface area contributed by atoms with E-state index in [4.69, 9.17) is 15.3 Å². The molecule has 0 radical (unpaired) electrons. The molecule has 2 unspecified atom stereocenters. The largest absolute Gasteiger partial charge is 0.516 e. The first kappa shape index (κ1) is 16.2. The summed E-state index contributed by atoms with van der Waals surface area (Å²) in [5.41, 5.74) is 0. The van der Waals surface area contributed by atoms with E-state index < -0.39 is 12.1 Å². The van der Waals surface area contributed by atoms with Gasteiger partial charge in [0.15, 0.2) is 0 Å². The average molecular weight is 216 g/mol. The van der Waals surface area contributed by atoms with Gasteiger partial charge in [-0.15, -0.1) is 0 Å². The maximum absolute atomic E-state index is 10.4. The average Bonchev–Trinajstić information content (AvgIpc) is 2.15. The highest BCUT2D eigenvalue weighted by molar-refractivity contribution is 5.69. The molecule has 15 heavy (non-hydrogen) atoms. The second kappa shape index (κ2) is 10.8. The Morgan fingerprint density at radius 3 is 2.13 bits per heavy atom. The van der Waals surface area contributed by atoms with E-state index in [1.54, 1.807) is 13.8 Å². The van der Waals surface area contributed by atoms with Crippen LogP contribution in [0.4, 0.5) is 0 Å². The Balaban J connectivity index is 0. The number of rotatable bonds is 5. The molecule has 0 bridgehead atoms. The number of allylic oxidation sites excluding steroid dienone is 2. The molecule has 0 aliphatic rings. The van der Waals surface area contributed by atoms with Gasteiger partial charge in [-0.05, 0) is 25.8 Å². The summed E-state index contributed by atoms with van der Waals surface area (Å²) in [6.07, 6.45) is 4.31. The second-order valence-corrected chi connectivity index (χ2v) is 3.11. The summed E-state index contributed by atoms with van der Waals surface area (Å²) < 4.78 is 0. The molecule has 0 aromatic rings. The van der Waals surface area contributed by atoms with Crippen LogP contribution >= 0.6 is 0 Å². The van der Waals surface area contributed by atoms with Crippen LogP contribution in [0.25, 0.3) is 0 Å². The zero-order valence-corrected chi connectivity index (χ0v) is 9.26. The van der Waals surface area contributed by atoms with Crippen molar-refractivity contribution in [2.24, 2.45) is 5.92 Å². The Bertz CT molecular complexity index is 197. The molecule has 4 nitrogen and oxygen atoms in total. The molecule has 4 heteroatoms. The third kappa shape index (κ3) is 12.7. The number of aliphatic hydroxyl groups excluding tert-OH is 2. The van der Waals surface area contributed by atoms with Gasteiger partial charge in [0, 0.05) is 0 Å².